The minimum atomic E-state index is -0.598. The maximum Gasteiger partial charge on any atom is 0.420 e. The molecule has 0 unspecified atom stereocenters. The molecule has 1 aromatic carbocycles. The second kappa shape index (κ2) is 7.67. The Labute approximate surface area is 168 Å². The van der Waals surface area contributed by atoms with Gasteiger partial charge in [-0.2, -0.15) is 0 Å². The van der Waals surface area contributed by atoms with E-state index in [-0.39, 0.29) is 18.2 Å². The van der Waals surface area contributed by atoms with Crippen molar-refractivity contribution in [3.8, 4) is 0 Å². The number of benzene rings is 1. The van der Waals surface area contributed by atoms with Crippen molar-refractivity contribution in [3.05, 3.63) is 51.3 Å². The zero-order chi connectivity index (χ0) is 19.7. The van der Waals surface area contributed by atoms with E-state index in [9.17, 15) is 14.4 Å². The summed E-state index contributed by atoms with van der Waals surface area (Å²) in [4.78, 5) is 38.8. The van der Waals surface area contributed by atoms with Crippen LogP contribution in [0.2, 0.25) is 0 Å². The average Bonchev–Trinajstić information content (AvgIpc) is 3.26. The van der Waals surface area contributed by atoms with Gasteiger partial charge in [0.05, 0.1) is 5.52 Å². The van der Waals surface area contributed by atoms with Crippen molar-refractivity contribution in [1.29, 1.82) is 0 Å². The molecule has 1 fully saturated rings. The molecule has 4 rings (SSSR count). The number of oxazole rings is 1. The molecule has 1 saturated heterocycles. The summed E-state index contributed by atoms with van der Waals surface area (Å²) in [6, 6.07) is 7.99. The summed E-state index contributed by atoms with van der Waals surface area (Å²) in [5, 5.41) is 2.71. The number of hydrogen-bond donors (Lipinski definition) is 1. The lowest BCUT2D eigenvalue weighted by atomic mass is 10.1. The van der Waals surface area contributed by atoms with Gasteiger partial charge in [-0.3, -0.25) is 14.2 Å². The second-order valence-corrected chi connectivity index (χ2v) is 7.42. The van der Waals surface area contributed by atoms with E-state index in [1.165, 1.54) is 4.57 Å². The lowest BCUT2D eigenvalue weighted by molar-refractivity contribution is -0.132. The third-order valence-electron chi connectivity index (χ3n) is 4.72. The third-order valence-corrected chi connectivity index (χ3v) is 5.15. The maximum absolute atomic E-state index is 12.5. The van der Waals surface area contributed by atoms with E-state index in [0.717, 1.165) is 19.3 Å². The van der Waals surface area contributed by atoms with Crippen molar-refractivity contribution >= 4 is 44.5 Å². The molecule has 1 N–H and O–H groups in total. The lowest BCUT2D eigenvalue weighted by Crippen LogP contribution is -2.39. The molecule has 2 amide bonds. The Balaban J connectivity index is 1.58. The minimum Gasteiger partial charge on any atom is -0.444 e. The molecule has 3 aromatic rings. The Hall–Kier alpha value is -2.81. The first-order chi connectivity index (χ1) is 13.5. The summed E-state index contributed by atoms with van der Waals surface area (Å²) >= 11 is 3.15. The lowest BCUT2D eigenvalue weighted by Gasteiger charge is -2.26. The Morgan fingerprint density at radius 3 is 2.57 bits per heavy atom. The minimum absolute atomic E-state index is 0.0889. The molecule has 2 aromatic heterocycles. The number of fused-ring (bicyclic) bond motifs is 1. The molecule has 0 bridgehead atoms. The van der Waals surface area contributed by atoms with Crippen LogP contribution in [0.4, 0.5) is 5.69 Å². The number of carbonyl (C=O) groups is 2. The van der Waals surface area contributed by atoms with Crippen molar-refractivity contribution < 1.29 is 18.4 Å². The van der Waals surface area contributed by atoms with Crippen molar-refractivity contribution in [2.45, 2.75) is 25.8 Å². The van der Waals surface area contributed by atoms with E-state index in [0.29, 0.717) is 34.5 Å². The molecule has 1 aliphatic heterocycles. The molecule has 3 heterocycles. The van der Waals surface area contributed by atoms with E-state index < -0.39 is 11.7 Å². The van der Waals surface area contributed by atoms with Gasteiger partial charge in [0, 0.05) is 18.8 Å². The zero-order valence-corrected chi connectivity index (χ0v) is 16.5. The topological polar surface area (TPSA) is 97.7 Å². The molecular formula is C19H18BrN3O5. The fourth-order valence-electron chi connectivity index (χ4n) is 3.30. The van der Waals surface area contributed by atoms with Crippen LogP contribution in [-0.4, -0.2) is 34.4 Å². The van der Waals surface area contributed by atoms with Crippen LogP contribution in [0.15, 0.2) is 48.6 Å². The maximum atomic E-state index is 12.5. The SMILES string of the molecule is O=C(Nc1ccc2oc(=O)n(CC(=O)N3CCCCC3)c2c1)c1ccc(Br)o1. The molecule has 8 nitrogen and oxygen atoms in total. The highest BCUT2D eigenvalue weighted by Gasteiger charge is 2.20. The quantitative estimate of drug-likeness (QED) is 0.661. The highest BCUT2D eigenvalue weighted by atomic mass is 79.9. The van der Waals surface area contributed by atoms with Gasteiger partial charge in [0.15, 0.2) is 16.0 Å². The Kier molecular flexibility index (Phi) is 5.08. The van der Waals surface area contributed by atoms with E-state index in [2.05, 4.69) is 21.2 Å². The van der Waals surface area contributed by atoms with E-state index in [1.54, 1.807) is 35.2 Å². The Bertz CT molecular complexity index is 1090. The van der Waals surface area contributed by atoms with Gasteiger partial charge in [-0.05, 0) is 65.5 Å². The van der Waals surface area contributed by atoms with Gasteiger partial charge < -0.3 is 19.1 Å². The summed E-state index contributed by atoms with van der Waals surface area (Å²) < 4.78 is 12.2. The number of amides is 2. The van der Waals surface area contributed by atoms with Gasteiger partial charge in [0.25, 0.3) is 5.91 Å². The van der Waals surface area contributed by atoms with Crippen molar-refractivity contribution in [2.24, 2.45) is 0 Å². The van der Waals surface area contributed by atoms with Crippen LogP contribution < -0.4 is 11.1 Å². The molecule has 9 heteroatoms. The normalized spacial score (nSPS) is 14.4. The van der Waals surface area contributed by atoms with Crippen LogP contribution >= 0.6 is 15.9 Å². The standard InChI is InChI=1S/C19H18BrN3O5/c20-16-7-6-15(27-16)18(25)21-12-4-5-14-13(10-12)23(19(26)28-14)11-17(24)22-8-2-1-3-9-22/h4-7,10H,1-3,8-9,11H2,(H,21,25). The van der Waals surface area contributed by atoms with Gasteiger partial charge >= 0.3 is 5.76 Å². The summed E-state index contributed by atoms with van der Waals surface area (Å²) in [6.07, 6.45) is 3.07. The fraction of sp³-hybridized carbons (Fsp3) is 0.316. The molecule has 0 atom stereocenters. The van der Waals surface area contributed by atoms with Crippen LogP contribution in [0.3, 0.4) is 0 Å². The number of furan rings is 1. The average molecular weight is 448 g/mol. The van der Waals surface area contributed by atoms with Crippen LogP contribution in [-0.2, 0) is 11.3 Å². The summed E-state index contributed by atoms with van der Waals surface area (Å²) in [5.41, 5.74) is 1.27. The molecule has 146 valence electrons. The van der Waals surface area contributed by atoms with Gasteiger partial charge in [-0.25, -0.2) is 4.79 Å². The fourth-order valence-corrected chi connectivity index (χ4v) is 3.60. The number of hydrogen-bond acceptors (Lipinski definition) is 5. The van der Waals surface area contributed by atoms with Crippen LogP contribution in [0.25, 0.3) is 11.1 Å². The summed E-state index contributed by atoms with van der Waals surface area (Å²) in [6.45, 7) is 1.33. The summed E-state index contributed by atoms with van der Waals surface area (Å²) in [5.74, 6) is -0.984. The van der Waals surface area contributed by atoms with E-state index in [1.807, 2.05) is 0 Å². The summed E-state index contributed by atoms with van der Waals surface area (Å²) in [7, 11) is 0. The molecular weight excluding hydrogens is 430 g/mol. The van der Waals surface area contributed by atoms with Crippen LogP contribution in [0.5, 0.6) is 0 Å². The number of carbonyl (C=O) groups excluding carboxylic acids is 2. The van der Waals surface area contributed by atoms with Crippen LogP contribution in [0.1, 0.15) is 29.8 Å². The molecule has 0 aliphatic carbocycles. The highest BCUT2D eigenvalue weighted by molar-refractivity contribution is 9.10. The molecule has 0 spiro atoms. The van der Waals surface area contributed by atoms with E-state index >= 15 is 0 Å². The number of piperidine rings is 1. The van der Waals surface area contributed by atoms with Gasteiger partial charge in [0.1, 0.15) is 6.54 Å². The van der Waals surface area contributed by atoms with Crippen LogP contribution in [0, 0.1) is 0 Å². The van der Waals surface area contributed by atoms with E-state index in [4.69, 9.17) is 8.83 Å². The number of nitrogens with one attached hydrogen (secondary N) is 1. The third kappa shape index (κ3) is 3.75. The molecule has 0 saturated carbocycles. The largest absolute Gasteiger partial charge is 0.444 e. The number of halogens is 1. The number of aromatic nitrogens is 1. The number of rotatable bonds is 4. The Morgan fingerprint density at radius 1 is 1.07 bits per heavy atom. The first-order valence-electron chi connectivity index (χ1n) is 8.99. The number of likely N-dealkylation sites (tertiary alicyclic amines) is 1. The van der Waals surface area contributed by atoms with Gasteiger partial charge in [-0.1, -0.05) is 0 Å². The molecule has 28 heavy (non-hydrogen) atoms. The smallest absolute Gasteiger partial charge is 0.420 e. The zero-order valence-electron chi connectivity index (χ0n) is 14.9. The molecule has 0 radical (unpaired) electrons. The monoisotopic (exact) mass is 447 g/mol. The Morgan fingerprint density at radius 2 is 1.86 bits per heavy atom. The second-order valence-electron chi connectivity index (χ2n) is 6.64. The number of nitrogens with zero attached hydrogens (tertiary/aromatic N) is 2. The van der Waals surface area contributed by atoms with Crippen molar-refractivity contribution in [2.75, 3.05) is 18.4 Å². The van der Waals surface area contributed by atoms with Gasteiger partial charge in [-0.15, -0.1) is 0 Å². The highest BCUT2D eigenvalue weighted by Crippen LogP contribution is 2.21. The predicted octanol–water partition coefficient (Wildman–Crippen LogP) is 3.21. The first-order valence-corrected chi connectivity index (χ1v) is 9.78. The van der Waals surface area contributed by atoms with Crippen molar-refractivity contribution in [3.63, 3.8) is 0 Å². The first kappa shape index (κ1) is 18.5. The predicted molar refractivity (Wildman–Crippen MR) is 105 cm³/mol. The molecule has 1 aliphatic rings. The van der Waals surface area contributed by atoms with Crippen molar-refractivity contribution in [1.82, 2.24) is 9.47 Å². The van der Waals surface area contributed by atoms with Gasteiger partial charge in [0.2, 0.25) is 5.91 Å². The number of anilines is 1.